The van der Waals surface area contributed by atoms with Gasteiger partial charge in [0, 0.05) is 37.6 Å². The van der Waals surface area contributed by atoms with Gasteiger partial charge in [-0.3, -0.25) is 25.5 Å². The Bertz CT molecular complexity index is 1290. The molecule has 0 aliphatic carbocycles. The summed E-state index contributed by atoms with van der Waals surface area (Å²) in [5.74, 6) is -2.05. The highest BCUT2D eigenvalue weighted by Crippen LogP contribution is 2.37. The molecule has 3 rings (SSSR count). The fourth-order valence-corrected chi connectivity index (χ4v) is 4.19. The molecule has 0 radical (unpaired) electrons. The molecule has 2 heterocycles. The number of benzene rings is 1. The predicted molar refractivity (Wildman–Crippen MR) is 125 cm³/mol. The van der Waals surface area contributed by atoms with Crippen molar-refractivity contribution < 1.29 is 63.6 Å². The van der Waals surface area contributed by atoms with Crippen LogP contribution in [0.2, 0.25) is 0 Å². The number of nitrogens with zero attached hydrogens (tertiary/aromatic N) is 3. The van der Waals surface area contributed by atoms with E-state index in [0.717, 1.165) is 6.07 Å². The lowest BCUT2D eigenvalue weighted by Crippen LogP contribution is -3.00. The quantitative estimate of drug-likeness (QED) is 0.146. The van der Waals surface area contributed by atoms with E-state index in [1.54, 1.807) is 51.3 Å². The first-order valence-electron chi connectivity index (χ1n) is 11.2. The second-order valence-corrected chi connectivity index (χ2v) is 7.94. The van der Waals surface area contributed by atoms with Crippen molar-refractivity contribution in [3.05, 3.63) is 91.1 Å². The van der Waals surface area contributed by atoms with Crippen LogP contribution in [-0.2, 0) is 19.1 Å². The fraction of sp³-hybridized carbons (Fsp3) is 0.292. The lowest BCUT2D eigenvalue weighted by Gasteiger charge is -2.26. The van der Waals surface area contributed by atoms with Crippen LogP contribution in [0, 0.1) is 20.2 Å². The molecule has 1 aliphatic rings. The first-order chi connectivity index (χ1) is 17.1. The van der Waals surface area contributed by atoms with E-state index in [1.165, 1.54) is 22.9 Å². The number of nitrogens with two attached hydrogens (primary N) is 1. The van der Waals surface area contributed by atoms with Crippen LogP contribution in [-0.4, -0.2) is 35.0 Å². The molecule has 0 amide bonds. The number of pyridine rings is 1. The Labute approximate surface area is 230 Å². The third-order valence-electron chi connectivity index (χ3n) is 5.65. The number of hydrogen-bond donors (Lipinski definition) is 1. The average molecular weight is 569 g/mol. The maximum Gasteiger partial charge on any atom is 0.347 e. The van der Waals surface area contributed by atoms with E-state index in [4.69, 9.17) is 9.47 Å². The second kappa shape index (κ2) is 13.6. The summed E-state index contributed by atoms with van der Waals surface area (Å²) in [5.41, 5.74) is 1.38. The zero-order chi connectivity index (χ0) is 26.6. The molecule has 2 N–H and O–H groups in total. The zero-order valence-electron chi connectivity index (χ0n) is 21.0. The molecule has 0 bridgehead atoms. The van der Waals surface area contributed by atoms with E-state index < -0.39 is 39.1 Å². The number of nitro groups is 2. The number of ether oxygens (including phenoxy) is 2. The van der Waals surface area contributed by atoms with Gasteiger partial charge < -0.3 is 34.3 Å². The monoisotopic (exact) mass is 568 g/mol. The largest absolute Gasteiger partial charge is 1.00 e. The number of halogens is 2. The maximum atomic E-state index is 13.0. The highest BCUT2D eigenvalue weighted by Gasteiger charge is 2.42. The number of rotatable bonds is 8. The third-order valence-corrected chi connectivity index (χ3v) is 5.65. The number of esters is 2. The summed E-state index contributed by atoms with van der Waals surface area (Å²) in [4.78, 5) is 47.4. The number of allylic oxidation sites excluding steroid dienone is 2. The fourth-order valence-electron chi connectivity index (χ4n) is 4.19. The minimum Gasteiger partial charge on any atom is -1.00 e. The molecule has 204 valence electrons. The molecular formula is C24H26Cl2N4O8. The molecule has 0 atom stereocenters. The topological polar surface area (TPSA) is 159 Å². The number of non-ortho nitro benzene ring substituents is 1. The molecule has 14 heteroatoms. The summed E-state index contributed by atoms with van der Waals surface area (Å²) >= 11 is 0. The summed E-state index contributed by atoms with van der Waals surface area (Å²) in [6.07, 6.45) is 3.08. The Morgan fingerprint density at radius 3 is 1.97 bits per heavy atom. The normalized spacial score (nSPS) is 13.3. The molecule has 1 aromatic carbocycles. The zero-order valence-corrected chi connectivity index (χ0v) is 22.5. The van der Waals surface area contributed by atoms with Crippen molar-refractivity contribution in [1.82, 2.24) is 0 Å². The van der Waals surface area contributed by atoms with Crippen molar-refractivity contribution in [3.8, 4) is 5.69 Å². The number of quaternary nitrogens is 1. The van der Waals surface area contributed by atoms with Crippen LogP contribution in [0.1, 0.15) is 39.2 Å². The van der Waals surface area contributed by atoms with Gasteiger partial charge in [-0.2, -0.15) is 4.57 Å². The summed E-state index contributed by atoms with van der Waals surface area (Å²) in [7, 11) is 0. The van der Waals surface area contributed by atoms with Gasteiger partial charge in [0.05, 0.1) is 29.0 Å². The van der Waals surface area contributed by atoms with Crippen LogP contribution in [0.4, 0.5) is 11.4 Å². The molecule has 2 aromatic rings. The highest BCUT2D eigenvalue weighted by atomic mass is 35.5. The predicted octanol–water partition coefficient (Wildman–Crippen LogP) is -3.88. The number of carbonyl (C=O) groups is 2. The van der Waals surface area contributed by atoms with Crippen LogP contribution in [0.15, 0.2) is 65.3 Å². The Kier molecular flexibility index (Phi) is 11.5. The van der Waals surface area contributed by atoms with Gasteiger partial charge in [0.1, 0.15) is 28.6 Å². The van der Waals surface area contributed by atoms with Crippen molar-refractivity contribution in [2.24, 2.45) is 0 Å². The van der Waals surface area contributed by atoms with Crippen LogP contribution < -0.4 is 34.7 Å². The Morgan fingerprint density at radius 1 is 0.947 bits per heavy atom. The van der Waals surface area contributed by atoms with E-state index >= 15 is 0 Å². The lowest BCUT2D eigenvalue weighted by atomic mass is 9.81. The molecule has 0 saturated carbocycles. The molecular weight excluding hydrogens is 543 g/mol. The lowest BCUT2D eigenvalue weighted by molar-refractivity contribution is -0.601. The smallest absolute Gasteiger partial charge is 0.347 e. The van der Waals surface area contributed by atoms with Crippen LogP contribution >= 0.6 is 0 Å². The molecule has 0 saturated heterocycles. The van der Waals surface area contributed by atoms with E-state index in [-0.39, 0.29) is 54.9 Å². The summed E-state index contributed by atoms with van der Waals surface area (Å²) in [5, 5.41) is 24.5. The Morgan fingerprint density at radius 2 is 1.50 bits per heavy atom. The minimum absolute atomic E-state index is 0. The van der Waals surface area contributed by atoms with Crippen LogP contribution in [0.5, 0.6) is 0 Å². The number of carbonyl (C=O) groups excluding carboxylic acids is 2. The van der Waals surface area contributed by atoms with Gasteiger partial charge in [-0.05, 0) is 19.9 Å². The molecule has 0 fully saturated rings. The van der Waals surface area contributed by atoms with E-state index in [9.17, 15) is 29.8 Å². The molecule has 1 aliphatic heterocycles. The van der Waals surface area contributed by atoms with Gasteiger partial charge in [-0.15, -0.1) is 0 Å². The summed E-state index contributed by atoms with van der Waals surface area (Å²) in [6, 6.07) is 6.61. The van der Waals surface area contributed by atoms with Crippen molar-refractivity contribution in [3.63, 3.8) is 0 Å². The van der Waals surface area contributed by atoms with Gasteiger partial charge in [-0.25, -0.2) is 9.59 Å². The van der Waals surface area contributed by atoms with Gasteiger partial charge in [0.2, 0.25) is 0 Å². The standard InChI is InChI=1S/C24H24N4O8.2ClH/c1-5-35-23(29)20-14(3)25-15(4)21(24(30)36-6-2)22(20)16-8-7-11-26(13-16)18-10-9-17(27(31)32)12-19(18)28(33)34;;/h7-13,22H,5-6H2,1-4H3;2*1H. The molecule has 0 unspecified atom stereocenters. The van der Waals surface area contributed by atoms with Gasteiger partial charge in [0.15, 0.2) is 12.4 Å². The third kappa shape index (κ3) is 6.52. The maximum absolute atomic E-state index is 13.0. The molecule has 12 nitrogen and oxygen atoms in total. The summed E-state index contributed by atoms with van der Waals surface area (Å²) in [6.45, 7) is 7.08. The molecule has 0 spiro atoms. The minimum atomic E-state index is -0.863. The second-order valence-electron chi connectivity index (χ2n) is 7.94. The van der Waals surface area contributed by atoms with Crippen molar-refractivity contribution in [2.75, 3.05) is 13.2 Å². The Balaban J connectivity index is 0.00000361. The first kappa shape index (κ1) is 32.2. The summed E-state index contributed by atoms with van der Waals surface area (Å²) < 4.78 is 12.0. The van der Waals surface area contributed by atoms with Gasteiger partial charge in [0.25, 0.3) is 11.4 Å². The van der Waals surface area contributed by atoms with Crippen molar-refractivity contribution in [2.45, 2.75) is 33.6 Å². The van der Waals surface area contributed by atoms with Crippen molar-refractivity contribution >= 4 is 23.3 Å². The number of aromatic nitrogens is 1. The van der Waals surface area contributed by atoms with Crippen LogP contribution in [0.3, 0.4) is 0 Å². The SMILES string of the molecule is CCOC(=O)C1=C(C)[NH2+]C(C)=C(C(=O)OCC)C1c1ccc[n+](-c2ccc([N+](=O)[O-])cc2[N+](=O)[O-])c1.[Cl-].[Cl-]. The van der Waals surface area contributed by atoms with Crippen LogP contribution in [0.25, 0.3) is 5.69 Å². The average Bonchev–Trinajstić information content (AvgIpc) is 2.83. The van der Waals surface area contributed by atoms with E-state index in [1.807, 2.05) is 0 Å². The Hall–Kier alpha value is -3.87. The van der Waals surface area contributed by atoms with Gasteiger partial charge >= 0.3 is 17.6 Å². The van der Waals surface area contributed by atoms with E-state index in [0.29, 0.717) is 17.0 Å². The van der Waals surface area contributed by atoms with Crippen molar-refractivity contribution in [1.29, 1.82) is 0 Å². The first-order valence-corrected chi connectivity index (χ1v) is 11.2. The highest BCUT2D eigenvalue weighted by molar-refractivity contribution is 5.99. The molecule has 1 aromatic heterocycles. The molecule has 38 heavy (non-hydrogen) atoms. The number of nitro benzene ring substituents is 2. The van der Waals surface area contributed by atoms with E-state index in [2.05, 4.69) is 0 Å². The van der Waals surface area contributed by atoms with Gasteiger partial charge in [-0.1, -0.05) is 0 Å². The number of hydrogen-bond acceptors (Lipinski definition) is 8.